The van der Waals surface area contributed by atoms with Gasteiger partial charge in [0.1, 0.15) is 6.54 Å². The van der Waals surface area contributed by atoms with Crippen LogP contribution in [0.25, 0.3) is 0 Å². The van der Waals surface area contributed by atoms with Crippen molar-refractivity contribution < 1.29 is 9.53 Å². The third kappa shape index (κ3) is 6.74. The molecule has 154 valence electrons. The average molecular weight is 500 g/mol. The first-order valence-electron chi connectivity index (χ1n) is 9.30. The smallest absolute Gasteiger partial charge is 0.243 e. The van der Waals surface area contributed by atoms with Gasteiger partial charge in [-0.05, 0) is 32.4 Å². The molecule has 2 N–H and O–H groups in total. The Morgan fingerprint density at radius 3 is 2.46 bits per heavy atom. The summed E-state index contributed by atoms with van der Waals surface area (Å²) in [7, 11) is 3.51. The molecule has 2 unspecified atom stereocenters. The Morgan fingerprint density at radius 1 is 1.31 bits per heavy atom. The van der Waals surface area contributed by atoms with Crippen molar-refractivity contribution in [2.75, 3.05) is 45.8 Å². The van der Waals surface area contributed by atoms with Crippen LogP contribution < -0.4 is 10.6 Å². The largest absolute Gasteiger partial charge is 0.378 e. The van der Waals surface area contributed by atoms with Gasteiger partial charge in [0.25, 0.3) is 0 Å². The summed E-state index contributed by atoms with van der Waals surface area (Å²) in [5.41, 5.74) is 0.142. The summed E-state index contributed by atoms with van der Waals surface area (Å²) in [5.74, 6) is 1.74. The molecule has 2 atom stereocenters. The summed E-state index contributed by atoms with van der Waals surface area (Å²) in [6.07, 6.45) is 5.52. The Morgan fingerprint density at radius 2 is 1.96 bits per heavy atom. The number of hydrogen-bond donors (Lipinski definition) is 2. The van der Waals surface area contributed by atoms with Crippen LogP contribution >= 0.6 is 35.7 Å². The SMILES string of the molecule is CCOC1CC(NC(=NCC(=O)N(C)C)NCCSC)C1(CC)CC.I. The van der Waals surface area contributed by atoms with Crippen LogP contribution in [-0.2, 0) is 9.53 Å². The summed E-state index contributed by atoms with van der Waals surface area (Å²) in [6.45, 7) is 8.27. The molecule has 1 amide bonds. The lowest BCUT2D eigenvalue weighted by Gasteiger charge is -2.55. The number of ether oxygens (including phenoxy) is 1. The van der Waals surface area contributed by atoms with Crippen molar-refractivity contribution in [1.82, 2.24) is 15.5 Å². The molecule has 1 fully saturated rings. The van der Waals surface area contributed by atoms with E-state index in [2.05, 4.69) is 42.7 Å². The van der Waals surface area contributed by atoms with Gasteiger partial charge in [-0.2, -0.15) is 11.8 Å². The molecule has 0 spiro atoms. The fourth-order valence-corrected chi connectivity index (χ4v) is 3.77. The van der Waals surface area contributed by atoms with Gasteiger partial charge in [-0.15, -0.1) is 24.0 Å². The molecule has 1 aliphatic carbocycles. The van der Waals surface area contributed by atoms with Crippen molar-refractivity contribution in [3.8, 4) is 0 Å². The van der Waals surface area contributed by atoms with Gasteiger partial charge in [0, 0.05) is 44.5 Å². The molecule has 1 aliphatic rings. The second-order valence-electron chi connectivity index (χ2n) is 6.69. The van der Waals surface area contributed by atoms with E-state index < -0.39 is 0 Å². The standard InChI is InChI=1S/C18H36N4O2S.HI/c1-7-18(8-2)14(12-15(18)24-9-3)21-17(19-10-11-25-6)20-13-16(23)22(4)5;/h14-15H,7-13H2,1-6H3,(H2,19,20,21);1H. The van der Waals surface area contributed by atoms with Gasteiger partial charge in [0.2, 0.25) is 5.91 Å². The molecule has 8 heteroatoms. The van der Waals surface area contributed by atoms with Gasteiger partial charge in [-0.3, -0.25) is 4.79 Å². The number of halogens is 1. The molecule has 0 heterocycles. The van der Waals surface area contributed by atoms with Crippen LogP contribution in [0.3, 0.4) is 0 Å². The Balaban J connectivity index is 0.00000625. The zero-order chi connectivity index (χ0) is 18.9. The van der Waals surface area contributed by atoms with Crippen molar-refractivity contribution in [2.24, 2.45) is 10.4 Å². The minimum Gasteiger partial charge on any atom is -0.378 e. The van der Waals surface area contributed by atoms with E-state index in [9.17, 15) is 4.79 Å². The number of aliphatic imine (C=N–C) groups is 1. The molecule has 0 aromatic rings. The third-order valence-electron chi connectivity index (χ3n) is 5.25. The Kier molecular flexibility index (Phi) is 12.9. The van der Waals surface area contributed by atoms with E-state index in [1.54, 1.807) is 30.8 Å². The molecule has 0 aromatic carbocycles. The quantitative estimate of drug-likeness (QED) is 0.209. The van der Waals surface area contributed by atoms with Crippen LogP contribution in [0.2, 0.25) is 0 Å². The van der Waals surface area contributed by atoms with E-state index in [1.807, 2.05) is 0 Å². The maximum absolute atomic E-state index is 11.9. The fraction of sp³-hybridized carbons (Fsp3) is 0.889. The van der Waals surface area contributed by atoms with Crippen LogP contribution in [0.15, 0.2) is 4.99 Å². The van der Waals surface area contributed by atoms with Gasteiger partial charge >= 0.3 is 0 Å². The number of carbonyl (C=O) groups is 1. The van der Waals surface area contributed by atoms with Gasteiger partial charge in [-0.25, -0.2) is 4.99 Å². The zero-order valence-electron chi connectivity index (χ0n) is 17.1. The first-order valence-corrected chi connectivity index (χ1v) is 10.7. The van der Waals surface area contributed by atoms with Gasteiger partial charge in [0.15, 0.2) is 5.96 Å². The van der Waals surface area contributed by atoms with Gasteiger partial charge in [0.05, 0.1) is 6.10 Å². The van der Waals surface area contributed by atoms with E-state index in [-0.39, 0.29) is 41.8 Å². The zero-order valence-corrected chi connectivity index (χ0v) is 20.3. The summed E-state index contributed by atoms with van der Waals surface area (Å²) in [5, 5.41) is 6.92. The topological polar surface area (TPSA) is 66.0 Å². The fourth-order valence-electron chi connectivity index (χ4n) is 3.46. The van der Waals surface area contributed by atoms with E-state index in [0.29, 0.717) is 12.1 Å². The van der Waals surface area contributed by atoms with E-state index in [4.69, 9.17) is 4.74 Å². The van der Waals surface area contributed by atoms with E-state index in [0.717, 1.165) is 44.1 Å². The van der Waals surface area contributed by atoms with Crippen molar-refractivity contribution in [2.45, 2.75) is 52.2 Å². The highest BCUT2D eigenvalue weighted by atomic mass is 127. The Bertz CT molecular complexity index is 445. The predicted molar refractivity (Wildman–Crippen MR) is 123 cm³/mol. The number of hydrogen-bond acceptors (Lipinski definition) is 4. The molecule has 1 rings (SSSR count). The van der Waals surface area contributed by atoms with Crippen molar-refractivity contribution in [3.05, 3.63) is 0 Å². The summed E-state index contributed by atoms with van der Waals surface area (Å²) < 4.78 is 5.95. The van der Waals surface area contributed by atoms with Crippen molar-refractivity contribution in [3.63, 3.8) is 0 Å². The average Bonchev–Trinajstić information content (AvgIpc) is 2.59. The molecule has 0 saturated heterocycles. The third-order valence-corrected chi connectivity index (χ3v) is 5.86. The first kappa shape index (κ1) is 25.8. The summed E-state index contributed by atoms with van der Waals surface area (Å²) >= 11 is 1.79. The molecule has 1 saturated carbocycles. The molecular weight excluding hydrogens is 463 g/mol. The van der Waals surface area contributed by atoms with Gasteiger partial charge in [-0.1, -0.05) is 13.8 Å². The van der Waals surface area contributed by atoms with Crippen LogP contribution in [0, 0.1) is 5.41 Å². The number of likely N-dealkylation sites (N-methyl/N-ethyl adjacent to an activating group) is 1. The minimum atomic E-state index is 0. The highest BCUT2D eigenvalue weighted by molar-refractivity contribution is 14.0. The van der Waals surface area contributed by atoms with E-state index >= 15 is 0 Å². The number of rotatable bonds is 10. The lowest BCUT2D eigenvalue weighted by molar-refractivity contribution is -0.133. The maximum Gasteiger partial charge on any atom is 0.243 e. The second-order valence-corrected chi connectivity index (χ2v) is 7.68. The van der Waals surface area contributed by atoms with Crippen LogP contribution in [0.5, 0.6) is 0 Å². The molecular formula is C18H37IN4O2S. The van der Waals surface area contributed by atoms with Crippen molar-refractivity contribution in [1.29, 1.82) is 0 Å². The molecule has 26 heavy (non-hydrogen) atoms. The number of nitrogens with one attached hydrogen (secondary N) is 2. The number of nitrogens with zero attached hydrogens (tertiary/aromatic N) is 2. The number of guanidine groups is 1. The Labute approximate surface area is 180 Å². The lowest BCUT2D eigenvalue weighted by Crippen LogP contribution is -2.65. The molecule has 6 nitrogen and oxygen atoms in total. The van der Waals surface area contributed by atoms with Crippen LogP contribution in [0.1, 0.15) is 40.0 Å². The normalized spacial score (nSPS) is 21.4. The monoisotopic (exact) mass is 500 g/mol. The summed E-state index contributed by atoms with van der Waals surface area (Å²) in [4.78, 5) is 17.9. The van der Waals surface area contributed by atoms with Crippen LogP contribution in [-0.4, -0.2) is 74.7 Å². The number of thioether (sulfide) groups is 1. The molecule has 0 radical (unpaired) electrons. The molecule has 0 aliphatic heterocycles. The Hall–Kier alpha value is -0.220. The highest BCUT2D eigenvalue weighted by Crippen LogP contribution is 2.48. The van der Waals surface area contributed by atoms with Gasteiger partial charge < -0.3 is 20.3 Å². The second kappa shape index (κ2) is 13.0. The predicted octanol–water partition coefficient (Wildman–Crippen LogP) is 2.57. The molecule has 0 aromatic heterocycles. The highest BCUT2D eigenvalue weighted by Gasteiger charge is 2.53. The van der Waals surface area contributed by atoms with E-state index in [1.165, 1.54) is 0 Å². The first-order chi connectivity index (χ1) is 11.9. The maximum atomic E-state index is 11.9. The number of carbonyl (C=O) groups excluding carboxylic acids is 1. The van der Waals surface area contributed by atoms with Crippen LogP contribution in [0.4, 0.5) is 0 Å². The number of amides is 1. The van der Waals surface area contributed by atoms with Crippen molar-refractivity contribution >= 4 is 47.6 Å². The lowest BCUT2D eigenvalue weighted by atomic mass is 9.58. The minimum absolute atomic E-state index is 0. The summed E-state index contributed by atoms with van der Waals surface area (Å²) in [6, 6.07) is 0.328. The molecule has 0 bridgehead atoms.